The summed E-state index contributed by atoms with van der Waals surface area (Å²) in [6, 6.07) is 9.70. The molecule has 0 bridgehead atoms. The van der Waals surface area contributed by atoms with Crippen LogP contribution in [0.1, 0.15) is 31.4 Å². The van der Waals surface area contributed by atoms with E-state index in [0.29, 0.717) is 24.7 Å². The van der Waals surface area contributed by atoms with Crippen LogP contribution in [0.3, 0.4) is 0 Å². The van der Waals surface area contributed by atoms with Gasteiger partial charge in [0.1, 0.15) is 17.8 Å². The molecule has 1 saturated carbocycles. The van der Waals surface area contributed by atoms with Crippen LogP contribution >= 0.6 is 0 Å². The van der Waals surface area contributed by atoms with Crippen molar-refractivity contribution in [2.75, 3.05) is 43.2 Å². The van der Waals surface area contributed by atoms with E-state index in [4.69, 9.17) is 20.4 Å². The Morgan fingerprint density at radius 2 is 1.78 bits per heavy atom. The van der Waals surface area contributed by atoms with E-state index in [-0.39, 0.29) is 4.75 Å². The Hall–Kier alpha value is -1.99. The molecule has 2 heterocycles. The smallest absolute Gasteiger partial charge is 0.171 e. The van der Waals surface area contributed by atoms with Crippen LogP contribution in [0.2, 0.25) is 0 Å². The van der Waals surface area contributed by atoms with Crippen molar-refractivity contribution in [3.63, 3.8) is 0 Å². The second-order valence-corrected chi connectivity index (χ2v) is 9.24. The Morgan fingerprint density at radius 3 is 2.41 bits per heavy atom. The number of nitrogens with zero attached hydrogens (tertiary/aromatic N) is 3. The zero-order chi connectivity index (χ0) is 18.9. The maximum Gasteiger partial charge on any atom is 0.171 e. The molecule has 2 fully saturated rings. The third-order valence-electron chi connectivity index (χ3n) is 5.73. The molecule has 2 aromatic rings. The number of anilines is 2. The van der Waals surface area contributed by atoms with E-state index >= 15 is 0 Å². The van der Waals surface area contributed by atoms with Crippen molar-refractivity contribution in [3.05, 3.63) is 36.0 Å². The van der Waals surface area contributed by atoms with Crippen LogP contribution in [-0.4, -0.2) is 42.5 Å². The maximum atomic E-state index is 12.8. The fourth-order valence-electron chi connectivity index (χ4n) is 4.08. The molecule has 2 N–H and O–H groups in total. The standard InChI is InChI=1S/C20H26N4O2S/c1-27(25)20(8-2-3-9-20)17-14-18(24-10-12-26-13-11-24)23-19(22-17)15-4-6-16(21)7-5-15/h4-7,14H,2-3,8-13,21H2,1H3/p+1. The van der Waals surface area contributed by atoms with Gasteiger partial charge in [0.2, 0.25) is 0 Å². The topological polar surface area (TPSA) is 81.3 Å². The summed E-state index contributed by atoms with van der Waals surface area (Å²) in [4.78, 5) is 12.0. The van der Waals surface area contributed by atoms with Gasteiger partial charge in [0.15, 0.2) is 10.6 Å². The van der Waals surface area contributed by atoms with Crippen molar-refractivity contribution < 1.29 is 8.95 Å². The van der Waals surface area contributed by atoms with Gasteiger partial charge in [-0.05, 0) is 37.1 Å². The summed E-state index contributed by atoms with van der Waals surface area (Å²) in [6.45, 7) is 3.01. The number of thiol groups is 1. The first-order valence-corrected chi connectivity index (χ1v) is 11.3. The van der Waals surface area contributed by atoms with Gasteiger partial charge in [-0.25, -0.2) is 9.97 Å². The van der Waals surface area contributed by atoms with Crippen LogP contribution in [-0.2, 0) is 24.5 Å². The highest BCUT2D eigenvalue weighted by Gasteiger charge is 2.46. The van der Waals surface area contributed by atoms with Gasteiger partial charge in [-0.1, -0.05) is 0 Å². The van der Waals surface area contributed by atoms with E-state index < -0.39 is 10.8 Å². The highest BCUT2D eigenvalue weighted by Crippen LogP contribution is 2.44. The first kappa shape index (κ1) is 18.4. The largest absolute Gasteiger partial charge is 0.399 e. The molecule has 6 nitrogen and oxygen atoms in total. The Morgan fingerprint density at radius 1 is 1.11 bits per heavy atom. The average molecular weight is 388 g/mol. The number of hydrogen-bond acceptors (Lipinski definition) is 6. The van der Waals surface area contributed by atoms with Gasteiger partial charge in [-0.2, -0.15) is 0 Å². The molecule has 4 rings (SSSR count). The Labute approximate surface area is 162 Å². The van der Waals surface area contributed by atoms with E-state index in [1.54, 1.807) is 0 Å². The quantitative estimate of drug-likeness (QED) is 0.493. The van der Waals surface area contributed by atoms with E-state index in [1.807, 2.05) is 30.5 Å². The van der Waals surface area contributed by atoms with Gasteiger partial charge >= 0.3 is 0 Å². The van der Waals surface area contributed by atoms with Crippen LogP contribution in [0, 0.1) is 0 Å². The maximum absolute atomic E-state index is 12.8. The van der Waals surface area contributed by atoms with Crippen molar-refractivity contribution in [1.82, 2.24) is 9.97 Å². The fraction of sp³-hybridized carbons (Fsp3) is 0.500. The number of rotatable bonds is 4. The highest BCUT2D eigenvalue weighted by atomic mass is 32.2. The third kappa shape index (κ3) is 3.58. The van der Waals surface area contributed by atoms with Crippen molar-refractivity contribution in [3.8, 4) is 11.4 Å². The molecule has 0 radical (unpaired) electrons. The molecular formula is C20H27N4O2S+. The number of ether oxygens (including phenoxy) is 1. The van der Waals surface area contributed by atoms with E-state index in [0.717, 1.165) is 55.8 Å². The highest BCUT2D eigenvalue weighted by molar-refractivity contribution is 7.85. The molecule has 1 aromatic carbocycles. The molecule has 1 saturated heterocycles. The number of morpholine rings is 1. The van der Waals surface area contributed by atoms with Gasteiger partial charge < -0.3 is 15.4 Å². The first-order valence-electron chi connectivity index (χ1n) is 9.58. The van der Waals surface area contributed by atoms with E-state index in [1.165, 1.54) is 0 Å². The summed E-state index contributed by atoms with van der Waals surface area (Å²) in [5.74, 6) is 1.58. The van der Waals surface area contributed by atoms with Crippen molar-refractivity contribution >= 4 is 22.3 Å². The second-order valence-electron chi connectivity index (χ2n) is 7.39. The van der Waals surface area contributed by atoms with Crippen LogP contribution in [0.5, 0.6) is 0 Å². The minimum atomic E-state index is -1.38. The summed E-state index contributed by atoms with van der Waals surface area (Å²) < 4.78 is 17.9. The van der Waals surface area contributed by atoms with Gasteiger partial charge in [-0.3, -0.25) is 0 Å². The Balaban J connectivity index is 1.83. The summed E-state index contributed by atoms with van der Waals surface area (Å²) in [5.41, 5.74) is 8.41. The summed E-state index contributed by atoms with van der Waals surface area (Å²) in [6.07, 6.45) is 5.91. The van der Waals surface area contributed by atoms with Crippen LogP contribution in [0.25, 0.3) is 11.4 Å². The van der Waals surface area contributed by atoms with Crippen LogP contribution in [0.15, 0.2) is 30.3 Å². The molecule has 0 spiro atoms. The molecule has 0 amide bonds. The predicted octanol–water partition coefficient (Wildman–Crippen LogP) is 2.66. The molecular weight excluding hydrogens is 360 g/mol. The summed E-state index contributed by atoms with van der Waals surface area (Å²) in [5, 5.41) is 0. The van der Waals surface area contributed by atoms with Gasteiger partial charge in [0.25, 0.3) is 0 Å². The molecule has 1 aliphatic heterocycles. The van der Waals surface area contributed by atoms with E-state index in [9.17, 15) is 4.21 Å². The van der Waals surface area contributed by atoms with Gasteiger partial charge in [0, 0.05) is 43.2 Å². The number of benzene rings is 1. The molecule has 1 aromatic heterocycles. The SMILES string of the molecule is C[SH+](=O)C1(c2cc(N3CCOCC3)nc(-c3ccc(N)cc3)n2)CCCC1. The zero-order valence-corrected chi connectivity index (χ0v) is 16.6. The Bertz CT molecular complexity index is 828. The van der Waals surface area contributed by atoms with Crippen LogP contribution < -0.4 is 10.6 Å². The molecule has 144 valence electrons. The molecule has 2 aliphatic rings. The Kier molecular flexibility index (Phi) is 5.14. The number of aromatic nitrogens is 2. The van der Waals surface area contributed by atoms with Gasteiger partial charge in [-0.15, -0.1) is 4.21 Å². The lowest BCUT2D eigenvalue weighted by Gasteiger charge is -2.29. The fourth-order valence-corrected chi connectivity index (χ4v) is 5.46. The lowest BCUT2D eigenvalue weighted by molar-refractivity contribution is 0.122. The summed E-state index contributed by atoms with van der Waals surface area (Å²) >= 11 is 0. The lowest BCUT2D eigenvalue weighted by Crippen LogP contribution is -2.37. The van der Waals surface area contributed by atoms with Crippen LogP contribution in [0.4, 0.5) is 11.5 Å². The molecule has 1 unspecified atom stereocenters. The molecule has 27 heavy (non-hydrogen) atoms. The minimum Gasteiger partial charge on any atom is -0.399 e. The molecule has 1 aliphatic carbocycles. The predicted molar refractivity (Wildman–Crippen MR) is 110 cm³/mol. The number of nitrogen functional groups attached to an aromatic ring is 1. The first-order chi connectivity index (χ1) is 13.1. The summed E-state index contributed by atoms with van der Waals surface area (Å²) in [7, 11) is -1.38. The number of hydrogen-bond donors (Lipinski definition) is 1. The van der Waals surface area contributed by atoms with E-state index in [2.05, 4.69) is 11.0 Å². The second kappa shape index (κ2) is 7.56. The van der Waals surface area contributed by atoms with Gasteiger partial charge in [0.05, 0.1) is 24.0 Å². The third-order valence-corrected chi connectivity index (χ3v) is 7.61. The minimum absolute atomic E-state index is 0.331. The van der Waals surface area contributed by atoms with Crippen molar-refractivity contribution in [1.29, 1.82) is 0 Å². The lowest BCUT2D eigenvalue weighted by atomic mass is 10.0. The normalized spacial score (nSPS) is 20.6. The van der Waals surface area contributed by atoms with Crippen molar-refractivity contribution in [2.24, 2.45) is 0 Å². The molecule has 7 heteroatoms. The average Bonchev–Trinajstić information content (AvgIpc) is 3.20. The zero-order valence-electron chi connectivity index (χ0n) is 15.7. The van der Waals surface area contributed by atoms with Crippen molar-refractivity contribution in [2.45, 2.75) is 30.4 Å². The molecule has 1 atom stereocenters. The number of nitrogens with two attached hydrogens (primary N) is 1. The monoisotopic (exact) mass is 387 g/mol.